The van der Waals surface area contributed by atoms with Crippen LogP contribution in [0.4, 0.5) is 5.69 Å². The lowest BCUT2D eigenvalue weighted by molar-refractivity contribution is 0.319. The van der Waals surface area contributed by atoms with E-state index in [4.69, 9.17) is 10.5 Å². The quantitative estimate of drug-likeness (QED) is 0.878. The highest BCUT2D eigenvalue weighted by Gasteiger charge is 2.19. The molecular formula is C16H22N4O. The van der Waals surface area contributed by atoms with Gasteiger partial charge in [-0.2, -0.15) is 5.10 Å². The molecule has 1 aliphatic rings. The molecule has 2 N–H and O–H groups in total. The average Bonchev–Trinajstić information content (AvgIpc) is 2.89. The number of nitrogens with two attached hydrogens (primary N) is 1. The summed E-state index contributed by atoms with van der Waals surface area (Å²) in [6, 6.07) is 5.78. The zero-order chi connectivity index (χ0) is 14.8. The molecule has 2 heterocycles. The minimum atomic E-state index is 0.641. The van der Waals surface area contributed by atoms with E-state index in [0.29, 0.717) is 18.2 Å². The van der Waals surface area contributed by atoms with Crippen LogP contribution in [0.3, 0.4) is 0 Å². The molecule has 1 atom stereocenters. The van der Waals surface area contributed by atoms with E-state index in [1.807, 2.05) is 22.9 Å². The van der Waals surface area contributed by atoms with Gasteiger partial charge in [0.25, 0.3) is 0 Å². The van der Waals surface area contributed by atoms with Crippen molar-refractivity contribution in [3.63, 3.8) is 0 Å². The van der Waals surface area contributed by atoms with Crippen LogP contribution in [0, 0.1) is 5.92 Å². The molecule has 1 aromatic carbocycles. The summed E-state index contributed by atoms with van der Waals surface area (Å²) in [7, 11) is 0. The standard InChI is InChI=1S/C16H22N4O/c1-3-8-21-14-6-5-12(9-13(14)17)16-18-15-7-4-11(2)10-20(15)19-16/h5-6,9,11H,3-4,7-8,10,17H2,1-2H3. The number of hydrogen-bond donors (Lipinski definition) is 1. The second kappa shape index (κ2) is 5.76. The number of rotatable bonds is 4. The monoisotopic (exact) mass is 286 g/mol. The van der Waals surface area contributed by atoms with Gasteiger partial charge in [-0.15, -0.1) is 0 Å². The van der Waals surface area contributed by atoms with Crippen LogP contribution in [0.2, 0.25) is 0 Å². The SMILES string of the molecule is CCCOc1ccc(-c2nc3n(n2)CC(C)CC3)cc1N. The first-order valence-electron chi connectivity index (χ1n) is 7.63. The van der Waals surface area contributed by atoms with Gasteiger partial charge in [-0.25, -0.2) is 9.67 Å². The fraction of sp³-hybridized carbons (Fsp3) is 0.500. The predicted molar refractivity (Wildman–Crippen MR) is 83.1 cm³/mol. The van der Waals surface area contributed by atoms with Gasteiger partial charge in [0.05, 0.1) is 12.3 Å². The highest BCUT2D eigenvalue weighted by atomic mass is 16.5. The minimum Gasteiger partial charge on any atom is -0.491 e. The molecular weight excluding hydrogens is 264 g/mol. The maximum absolute atomic E-state index is 6.06. The van der Waals surface area contributed by atoms with Crippen molar-refractivity contribution < 1.29 is 4.74 Å². The maximum atomic E-state index is 6.06. The third kappa shape index (κ3) is 2.86. The fourth-order valence-corrected chi connectivity index (χ4v) is 2.62. The van der Waals surface area contributed by atoms with Gasteiger partial charge in [0.1, 0.15) is 11.6 Å². The van der Waals surface area contributed by atoms with Crippen LogP contribution < -0.4 is 10.5 Å². The molecule has 0 amide bonds. The Kier molecular flexibility index (Phi) is 3.82. The molecule has 0 bridgehead atoms. The first-order chi connectivity index (χ1) is 10.2. The molecule has 1 unspecified atom stereocenters. The molecule has 21 heavy (non-hydrogen) atoms. The zero-order valence-corrected chi connectivity index (χ0v) is 12.7. The first kappa shape index (κ1) is 13.9. The van der Waals surface area contributed by atoms with Crippen LogP contribution in [0.5, 0.6) is 5.75 Å². The van der Waals surface area contributed by atoms with Crippen molar-refractivity contribution in [1.82, 2.24) is 14.8 Å². The van der Waals surface area contributed by atoms with E-state index in [-0.39, 0.29) is 0 Å². The van der Waals surface area contributed by atoms with E-state index >= 15 is 0 Å². The van der Waals surface area contributed by atoms with Gasteiger partial charge in [0, 0.05) is 18.5 Å². The van der Waals surface area contributed by atoms with Crippen LogP contribution in [0.15, 0.2) is 18.2 Å². The van der Waals surface area contributed by atoms with Crippen molar-refractivity contribution in [2.45, 2.75) is 39.7 Å². The third-order valence-electron chi connectivity index (χ3n) is 3.82. The minimum absolute atomic E-state index is 0.641. The van der Waals surface area contributed by atoms with Crippen LogP contribution in [-0.2, 0) is 13.0 Å². The number of hydrogen-bond acceptors (Lipinski definition) is 4. The maximum Gasteiger partial charge on any atom is 0.181 e. The number of nitrogen functional groups attached to an aromatic ring is 1. The molecule has 3 rings (SSSR count). The average molecular weight is 286 g/mol. The second-order valence-electron chi connectivity index (χ2n) is 5.78. The van der Waals surface area contributed by atoms with Crippen LogP contribution in [0.25, 0.3) is 11.4 Å². The van der Waals surface area contributed by atoms with Crippen molar-refractivity contribution in [1.29, 1.82) is 0 Å². The normalized spacial score (nSPS) is 17.5. The molecule has 112 valence electrons. The topological polar surface area (TPSA) is 66.0 Å². The van der Waals surface area contributed by atoms with Crippen LogP contribution >= 0.6 is 0 Å². The van der Waals surface area contributed by atoms with E-state index in [0.717, 1.165) is 42.3 Å². The van der Waals surface area contributed by atoms with Gasteiger partial charge in [-0.1, -0.05) is 13.8 Å². The Balaban J connectivity index is 1.85. The summed E-state index contributed by atoms with van der Waals surface area (Å²) < 4.78 is 7.63. The summed E-state index contributed by atoms with van der Waals surface area (Å²) in [6.45, 7) is 5.96. The lowest BCUT2D eigenvalue weighted by atomic mass is 10.0. The van der Waals surface area contributed by atoms with E-state index in [9.17, 15) is 0 Å². The van der Waals surface area contributed by atoms with Crippen molar-refractivity contribution in [2.24, 2.45) is 5.92 Å². The Morgan fingerprint density at radius 3 is 3.05 bits per heavy atom. The number of benzene rings is 1. The molecule has 0 radical (unpaired) electrons. The Labute approximate surface area is 125 Å². The van der Waals surface area contributed by atoms with Crippen molar-refractivity contribution >= 4 is 5.69 Å². The number of aromatic nitrogens is 3. The fourth-order valence-electron chi connectivity index (χ4n) is 2.62. The van der Waals surface area contributed by atoms with E-state index < -0.39 is 0 Å². The first-order valence-corrected chi connectivity index (χ1v) is 7.63. The summed E-state index contributed by atoms with van der Waals surface area (Å²) in [6.07, 6.45) is 3.15. The van der Waals surface area contributed by atoms with Gasteiger partial charge < -0.3 is 10.5 Å². The molecule has 0 saturated carbocycles. The third-order valence-corrected chi connectivity index (χ3v) is 3.82. The van der Waals surface area contributed by atoms with Crippen molar-refractivity contribution in [3.05, 3.63) is 24.0 Å². The molecule has 0 aliphatic carbocycles. The predicted octanol–water partition coefficient (Wildman–Crippen LogP) is 2.90. The van der Waals surface area contributed by atoms with Crippen LogP contribution in [0.1, 0.15) is 32.5 Å². The summed E-state index contributed by atoms with van der Waals surface area (Å²) >= 11 is 0. The molecule has 0 fully saturated rings. The Morgan fingerprint density at radius 2 is 2.29 bits per heavy atom. The van der Waals surface area contributed by atoms with Gasteiger partial charge in [-0.3, -0.25) is 0 Å². The van der Waals surface area contributed by atoms with Crippen LogP contribution in [-0.4, -0.2) is 21.4 Å². The van der Waals surface area contributed by atoms with E-state index in [1.165, 1.54) is 6.42 Å². The number of aryl methyl sites for hydroxylation is 1. The smallest absolute Gasteiger partial charge is 0.181 e. The number of nitrogens with zero attached hydrogens (tertiary/aromatic N) is 3. The summed E-state index contributed by atoms with van der Waals surface area (Å²) in [4.78, 5) is 4.64. The molecule has 2 aromatic rings. The Hall–Kier alpha value is -2.04. The number of ether oxygens (including phenoxy) is 1. The lowest BCUT2D eigenvalue weighted by Gasteiger charge is -2.17. The zero-order valence-electron chi connectivity index (χ0n) is 12.7. The highest BCUT2D eigenvalue weighted by Crippen LogP contribution is 2.28. The lowest BCUT2D eigenvalue weighted by Crippen LogP contribution is -2.18. The molecule has 5 nitrogen and oxygen atoms in total. The Bertz CT molecular complexity index is 635. The van der Waals surface area contributed by atoms with E-state index in [1.54, 1.807) is 0 Å². The molecule has 1 aromatic heterocycles. The molecule has 0 spiro atoms. The number of fused-ring (bicyclic) bond motifs is 1. The van der Waals surface area contributed by atoms with E-state index in [2.05, 4.69) is 23.9 Å². The molecule has 0 saturated heterocycles. The summed E-state index contributed by atoms with van der Waals surface area (Å²) in [5.41, 5.74) is 7.65. The van der Waals surface area contributed by atoms with Gasteiger partial charge >= 0.3 is 0 Å². The second-order valence-corrected chi connectivity index (χ2v) is 5.78. The van der Waals surface area contributed by atoms with Crippen molar-refractivity contribution in [2.75, 3.05) is 12.3 Å². The molecule has 1 aliphatic heterocycles. The summed E-state index contributed by atoms with van der Waals surface area (Å²) in [5, 5.41) is 4.61. The Morgan fingerprint density at radius 1 is 1.43 bits per heavy atom. The van der Waals surface area contributed by atoms with Gasteiger partial charge in [0.15, 0.2) is 5.82 Å². The van der Waals surface area contributed by atoms with Crippen molar-refractivity contribution in [3.8, 4) is 17.1 Å². The number of anilines is 1. The van der Waals surface area contributed by atoms with Gasteiger partial charge in [0.2, 0.25) is 0 Å². The highest BCUT2D eigenvalue weighted by molar-refractivity contribution is 5.66. The molecule has 5 heteroatoms. The largest absolute Gasteiger partial charge is 0.491 e. The van der Waals surface area contributed by atoms with Gasteiger partial charge in [-0.05, 0) is 37.0 Å². The summed E-state index contributed by atoms with van der Waals surface area (Å²) in [5.74, 6) is 3.24.